The molecule has 0 unspecified atom stereocenters. The van der Waals surface area contributed by atoms with Crippen LogP contribution in [0.2, 0.25) is 0 Å². The predicted molar refractivity (Wildman–Crippen MR) is 108 cm³/mol. The number of anilines is 2. The molecule has 0 aliphatic rings. The topological polar surface area (TPSA) is 63.2 Å². The van der Waals surface area contributed by atoms with Gasteiger partial charge in [0.1, 0.15) is 11.4 Å². The summed E-state index contributed by atoms with van der Waals surface area (Å²) in [4.78, 5) is 16.6. The van der Waals surface area contributed by atoms with Crippen molar-refractivity contribution in [1.82, 2.24) is 4.98 Å². The van der Waals surface area contributed by atoms with Gasteiger partial charge in [0, 0.05) is 12.2 Å². The lowest BCUT2D eigenvalue weighted by Crippen LogP contribution is -2.13. The van der Waals surface area contributed by atoms with Crippen molar-refractivity contribution in [3.63, 3.8) is 0 Å². The number of amides is 1. The van der Waals surface area contributed by atoms with Crippen LogP contribution in [0.4, 0.5) is 11.4 Å². The van der Waals surface area contributed by atoms with Crippen LogP contribution in [-0.4, -0.2) is 17.5 Å². The maximum absolute atomic E-state index is 12.3. The Balaban J connectivity index is 1.55. The number of carbonyl (C=O) groups excluding carboxylic acids is 1. The maximum atomic E-state index is 12.3. The molecule has 3 aromatic rings. The molecular formula is C22H23N3O2. The van der Waals surface area contributed by atoms with E-state index < -0.39 is 0 Å². The van der Waals surface area contributed by atoms with Gasteiger partial charge in [0.05, 0.1) is 18.5 Å². The number of aryl methyl sites for hydroxylation is 1. The third kappa shape index (κ3) is 5.31. The molecule has 0 atom stereocenters. The van der Waals surface area contributed by atoms with Gasteiger partial charge in [-0.25, -0.2) is 4.98 Å². The Bertz CT molecular complexity index is 873. The zero-order chi connectivity index (χ0) is 19.1. The number of rotatable bonds is 7. The van der Waals surface area contributed by atoms with Crippen LogP contribution in [0.3, 0.4) is 0 Å². The number of nitrogens with one attached hydrogen (secondary N) is 2. The van der Waals surface area contributed by atoms with Crippen molar-refractivity contribution in [2.75, 3.05) is 17.2 Å². The summed E-state index contributed by atoms with van der Waals surface area (Å²) in [6.45, 7) is 5.32. The van der Waals surface area contributed by atoms with Crippen molar-refractivity contribution in [3.05, 3.63) is 83.7 Å². The van der Waals surface area contributed by atoms with Crippen LogP contribution < -0.4 is 15.4 Å². The van der Waals surface area contributed by atoms with Crippen LogP contribution in [0, 0.1) is 6.92 Å². The summed E-state index contributed by atoms with van der Waals surface area (Å²) in [5, 5.41) is 6.14. The van der Waals surface area contributed by atoms with Crippen LogP contribution in [0.15, 0.2) is 66.9 Å². The molecule has 3 rings (SSSR count). The first-order chi connectivity index (χ1) is 13.1. The predicted octanol–water partition coefficient (Wildman–Crippen LogP) is 4.65. The van der Waals surface area contributed by atoms with Crippen molar-refractivity contribution >= 4 is 17.3 Å². The molecule has 138 valence electrons. The first-order valence-corrected chi connectivity index (χ1v) is 8.94. The van der Waals surface area contributed by atoms with E-state index >= 15 is 0 Å². The SMILES string of the molecule is CCOc1ccc(NC(=O)c2ccc(NCc3ccc(C)cc3)cn2)cc1. The van der Waals surface area contributed by atoms with Crippen LogP contribution >= 0.6 is 0 Å². The van der Waals surface area contributed by atoms with Gasteiger partial charge in [-0.15, -0.1) is 0 Å². The Morgan fingerprint density at radius 1 is 0.963 bits per heavy atom. The van der Waals surface area contributed by atoms with E-state index in [0.717, 1.165) is 11.4 Å². The Labute approximate surface area is 159 Å². The number of benzene rings is 2. The van der Waals surface area contributed by atoms with Crippen LogP contribution in [0.5, 0.6) is 5.75 Å². The van der Waals surface area contributed by atoms with E-state index in [1.807, 2.05) is 25.1 Å². The Morgan fingerprint density at radius 3 is 2.30 bits per heavy atom. The molecule has 0 saturated heterocycles. The van der Waals surface area contributed by atoms with Gasteiger partial charge in [0.15, 0.2) is 0 Å². The fourth-order valence-electron chi connectivity index (χ4n) is 2.54. The third-order valence-electron chi connectivity index (χ3n) is 4.04. The van der Waals surface area contributed by atoms with Gasteiger partial charge in [-0.2, -0.15) is 0 Å². The highest BCUT2D eigenvalue weighted by Gasteiger charge is 2.08. The number of ether oxygens (including phenoxy) is 1. The van der Waals surface area contributed by atoms with Crippen molar-refractivity contribution in [2.24, 2.45) is 0 Å². The summed E-state index contributed by atoms with van der Waals surface area (Å²) in [7, 11) is 0. The van der Waals surface area contributed by atoms with Gasteiger partial charge in [-0.1, -0.05) is 29.8 Å². The van der Waals surface area contributed by atoms with Crippen LogP contribution in [0.1, 0.15) is 28.5 Å². The largest absolute Gasteiger partial charge is 0.494 e. The molecule has 2 N–H and O–H groups in total. The highest BCUT2D eigenvalue weighted by molar-refractivity contribution is 6.02. The summed E-state index contributed by atoms with van der Waals surface area (Å²) in [5.74, 6) is 0.530. The molecule has 1 amide bonds. The van der Waals surface area contributed by atoms with Gasteiger partial charge < -0.3 is 15.4 Å². The molecule has 0 spiro atoms. The molecule has 1 heterocycles. The van der Waals surface area contributed by atoms with Crippen molar-refractivity contribution < 1.29 is 9.53 Å². The fourth-order valence-corrected chi connectivity index (χ4v) is 2.54. The van der Waals surface area contributed by atoms with E-state index in [1.165, 1.54) is 11.1 Å². The zero-order valence-electron chi connectivity index (χ0n) is 15.5. The average Bonchev–Trinajstić information content (AvgIpc) is 2.70. The lowest BCUT2D eigenvalue weighted by atomic mass is 10.1. The van der Waals surface area contributed by atoms with Gasteiger partial charge in [0.2, 0.25) is 0 Å². The monoisotopic (exact) mass is 361 g/mol. The number of carbonyl (C=O) groups is 1. The van der Waals surface area contributed by atoms with Crippen LogP contribution in [0.25, 0.3) is 0 Å². The first kappa shape index (κ1) is 18.5. The Morgan fingerprint density at radius 2 is 1.67 bits per heavy atom. The number of hydrogen-bond donors (Lipinski definition) is 2. The second kappa shape index (κ2) is 8.85. The molecular weight excluding hydrogens is 338 g/mol. The minimum Gasteiger partial charge on any atom is -0.494 e. The molecule has 0 bridgehead atoms. The Hall–Kier alpha value is -3.34. The zero-order valence-corrected chi connectivity index (χ0v) is 15.5. The minimum atomic E-state index is -0.246. The lowest BCUT2D eigenvalue weighted by molar-refractivity contribution is 0.102. The fraction of sp³-hybridized carbons (Fsp3) is 0.182. The molecule has 27 heavy (non-hydrogen) atoms. The van der Waals surface area contributed by atoms with E-state index in [9.17, 15) is 4.79 Å². The molecule has 5 nitrogen and oxygen atoms in total. The van der Waals surface area contributed by atoms with Crippen molar-refractivity contribution in [1.29, 1.82) is 0 Å². The molecule has 0 fully saturated rings. The van der Waals surface area contributed by atoms with Crippen LogP contribution in [-0.2, 0) is 6.54 Å². The Kier molecular flexibility index (Phi) is 6.05. The average molecular weight is 361 g/mol. The van der Waals surface area contributed by atoms with E-state index in [-0.39, 0.29) is 5.91 Å². The molecule has 0 radical (unpaired) electrons. The third-order valence-corrected chi connectivity index (χ3v) is 4.04. The van der Waals surface area contributed by atoms with Gasteiger partial charge in [-0.3, -0.25) is 4.79 Å². The first-order valence-electron chi connectivity index (χ1n) is 8.94. The van der Waals surface area contributed by atoms with Gasteiger partial charge >= 0.3 is 0 Å². The summed E-state index contributed by atoms with van der Waals surface area (Å²) >= 11 is 0. The summed E-state index contributed by atoms with van der Waals surface area (Å²) in [6.07, 6.45) is 1.67. The molecule has 0 aliphatic carbocycles. The van der Waals surface area contributed by atoms with Crippen molar-refractivity contribution in [3.8, 4) is 5.75 Å². The molecule has 2 aromatic carbocycles. The number of pyridine rings is 1. The maximum Gasteiger partial charge on any atom is 0.274 e. The molecule has 5 heteroatoms. The van der Waals surface area contributed by atoms with E-state index in [1.54, 1.807) is 24.4 Å². The van der Waals surface area contributed by atoms with Gasteiger partial charge in [0.25, 0.3) is 5.91 Å². The lowest BCUT2D eigenvalue weighted by Gasteiger charge is -2.09. The second-order valence-corrected chi connectivity index (χ2v) is 6.18. The minimum absolute atomic E-state index is 0.246. The van der Waals surface area contributed by atoms with E-state index in [2.05, 4.69) is 46.8 Å². The number of nitrogens with zero attached hydrogens (tertiary/aromatic N) is 1. The van der Waals surface area contributed by atoms with E-state index in [0.29, 0.717) is 24.5 Å². The quantitative estimate of drug-likeness (QED) is 0.643. The van der Waals surface area contributed by atoms with E-state index in [4.69, 9.17) is 4.74 Å². The number of hydrogen-bond acceptors (Lipinski definition) is 4. The molecule has 0 saturated carbocycles. The highest BCUT2D eigenvalue weighted by atomic mass is 16.5. The highest BCUT2D eigenvalue weighted by Crippen LogP contribution is 2.16. The normalized spacial score (nSPS) is 10.3. The standard InChI is InChI=1S/C22H23N3O2/c1-3-27-20-11-8-18(9-12-20)25-22(26)21-13-10-19(15-24-21)23-14-17-6-4-16(2)5-7-17/h4-13,15,23H,3,14H2,1-2H3,(H,25,26). The molecule has 0 aliphatic heterocycles. The van der Waals surface area contributed by atoms with Crippen molar-refractivity contribution in [2.45, 2.75) is 20.4 Å². The summed E-state index contributed by atoms with van der Waals surface area (Å²) in [5.41, 5.74) is 4.37. The second-order valence-electron chi connectivity index (χ2n) is 6.18. The number of aromatic nitrogens is 1. The summed E-state index contributed by atoms with van der Waals surface area (Å²) in [6, 6.07) is 19.2. The van der Waals surface area contributed by atoms with Gasteiger partial charge in [-0.05, 0) is 55.8 Å². The summed E-state index contributed by atoms with van der Waals surface area (Å²) < 4.78 is 5.39. The molecule has 1 aromatic heterocycles. The smallest absolute Gasteiger partial charge is 0.274 e.